The van der Waals surface area contributed by atoms with Gasteiger partial charge in [-0.1, -0.05) is 12.8 Å². The number of terminal acetylenes is 1. The standard InChI is InChI=1S/C12H16N2OS2/c1-4-6-14(7-5-2)11(15)8-10-9(3)13-12(16)17-10/h1H,5-8H2,2-3H3,(H,13,16). The molecule has 1 aromatic heterocycles. The first-order valence-corrected chi connectivity index (χ1v) is 6.70. The van der Waals surface area contributed by atoms with E-state index in [2.05, 4.69) is 10.9 Å². The Hall–Kier alpha value is -1.12. The Morgan fingerprint density at radius 3 is 2.82 bits per heavy atom. The van der Waals surface area contributed by atoms with Gasteiger partial charge >= 0.3 is 0 Å². The van der Waals surface area contributed by atoms with Crippen molar-refractivity contribution in [3.63, 3.8) is 0 Å². The average molecular weight is 268 g/mol. The number of hydrogen-bond donors (Lipinski definition) is 1. The van der Waals surface area contributed by atoms with Crippen LogP contribution < -0.4 is 0 Å². The molecule has 0 saturated carbocycles. The van der Waals surface area contributed by atoms with Gasteiger partial charge in [0.1, 0.15) is 0 Å². The molecule has 0 radical (unpaired) electrons. The number of H-pyrrole nitrogens is 1. The Morgan fingerprint density at radius 2 is 2.35 bits per heavy atom. The van der Waals surface area contributed by atoms with Gasteiger partial charge in [0.05, 0.1) is 13.0 Å². The van der Waals surface area contributed by atoms with Gasteiger partial charge in [-0.05, 0) is 25.6 Å². The van der Waals surface area contributed by atoms with Crippen molar-refractivity contribution in [1.29, 1.82) is 0 Å². The molecule has 92 valence electrons. The molecule has 1 rings (SSSR count). The molecule has 0 spiro atoms. The van der Waals surface area contributed by atoms with Crippen LogP contribution in [0.4, 0.5) is 0 Å². The molecule has 0 aromatic carbocycles. The number of rotatable bonds is 5. The average Bonchev–Trinajstić information content (AvgIpc) is 2.57. The second-order valence-corrected chi connectivity index (χ2v) is 5.53. The predicted octanol–water partition coefficient (Wildman–Crippen LogP) is 2.53. The van der Waals surface area contributed by atoms with E-state index in [4.69, 9.17) is 18.6 Å². The Labute approximate surface area is 111 Å². The van der Waals surface area contributed by atoms with Gasteiger partial charge < -0.3 is 9.88 Å². The molecular weight excluding hydrogens is 252 g/mol. The zero-order valence-electron chi connectivity index (χ0n) is 10.1. The number of amides is 1. The lowest BCUT2D eigenvalue weighted by atomic mass is 10.2. The minimum Gasteiger partial charge on any atom is -0.341 e. The maximum Gasteiger partial charge on any atom is 0.228 e. The van der Waals surface area contributed by atoms with Gasteiger partial charge in [-0.15, -0.1) is 17.8 Å². The van der Waals surface area contributed by atoms with Crippen molar-refractivity contribution >= 4 is 29.5 Å². The molecule has 1 aromatic rings. The van der Waals surface area contributed by atoms with Gasteiger partial charge in [-0.3, -0.25) is 4.79 Å². The van der Waals surface area contributed by atoms with Crippen molar-refractivity contribution in [2.75, 3.05) is 13.1 Å². The maximum absolute atomic E-state index is 12.0. The maximum atomic E-state index is 12.0. The van der Waals surface area contributed by atoms with E-state index in [1.165, 1.54) is 11.3 Å². The van der Waals surface area contributed by atoms with Gasteiger partial charge in [-0.2, -0.15) is 0 Å². The van der Waals surface area contributed by atoms with Crippen molar-refractivity contribution < 1.29 is 4.79 Å². The Bertz CT molecular complexity index is 481. The number of aryl methyl sites for hydroxylation is 1. The molecule has 1 heterocycles. The summed E-state index contributed by atoms with van der Waals surface area (Å²) in [6.45, 7) is 5.04. The summed E-state index contributed by atoms with van der Waals surface area (Å²) in [7, 11) is 0. The van der Waals surface area contributed by atoms with Gasteiger partial charge in [0.25, 0.3) is 0 Å². The molecule has 1 N–H and O–H groups in total. The summed E-state index contributed by atoms with van der Waals surface area (Å²) in [6.07, 6.45) is 6.55. The van der Waals surface area contributed by atoms with Crippen LogP contribution >= 0.6 is 23.6 Å². The highest BCUT2D eigenvalue weighted by atomic mass is 32.1. The van der Waals surface area contributed by atoms with Crippen LogP contribution in [0.25, 0.3) is 0 Å². The van der Waals surface area contributed by atoms with E-state index in [0.717, 1.165) is 17.0 Å². The van der Waals surface area contributed by atoms with Gasteiger partial charge in [0.2, 0.25) is 5.91 Å². The molecule has 0 fully saturated rings. The Morgan fingerprint density at radius 1 is 1.65 bits per heavy atom. The topological polar surface area (TPSA) is 36.1 Å². The quantitative estimate of drug-likeness (QED) is 0.658. The van der Waals surface area contributed by atoms with E-state index < -0.39 is 0 Å². The normalized spacial score (nSPS) is 9.94. The number of nitrogens with zero attached hydrogens (tertiary/aromatic N) is 1. The molecule has 0 aliphatic carbocycles. The third kappa shape index (κ3) is 3.99. The molecule has 3 nitrogen and oxygen atoms in total. The first-order chi connectivity index (χ1) is 8.08. The summed E-state index contributed by atoms with van der Waals surface area (Å²) < 4.78 is 0.712. The predicted molar refractivity (Wildman–Crippen MR) is 73.6 cm³/mol. The monoisotopic (exact) mass is 268 g/mol. The number of aromatic nitrogens is 1. The SMILES string of the molecule is C#CCN(CCC)C(=O)Cc1sc(=S)[nH]c1C. The van der Waals surface area contributed by atoms with Gasteiger partial charge in [0.15, 0.2) is 3.95 Å². The molecule has 0 atom stereocenters. The van der Waals surface area contributed by atoms with Crippen molar-refractivity contribution in [2.24, 2.45) is 0 Å². The first-order valence-electron chi connectivity index (χ1n) is 5.48. The molecule has 5 heteroatoms. The first kappa shape index (κ1) is 13.9. The lowest BCUT2D eigenvalue weighted by Gasteiger charge is -2.19. The van der Waals surface area contributed by atoms with E-state index in [0.29, 0.717) is 23.5 Å². The van der Waals surface area contributed by atoms with Gasteiger partial charge in [0, 0.05) is 17.1 Å². The third-order valence-electron chi connectivity index (χ3n) is 2.36. The van der Waals surface area contributed by atoms with Gasteiger partial charge in [-0.25, -0.2) is 0 Å². The molecule has 0 unspecified atom stereocenters. The van der Waals surface area contributed by atoms with E-state index in [1.54, 1.807) is 4.90 Å². The molecule has 0 saturated heterocycles. The molecule has 1 amide bonds. The number of carbonyl (C=O) groups excluding carboxylic acids is 1. The second-order valence-electron chi connectivity index (χ2n) is 3.76. The zero-order chi connectivity index (χ0) is 12.8. The summed E-state index contributed by atoms with van der Waals surface area (Å²) >= 11 is 6.50. The number of carbonyl (C=O) groups is 1. The lowest BCUT2D eigenvalue weighted by molar-refractivity contribution is -0.129. The lowest BCUT2D eigenvalue weighted by Crippen LogP contribution is -2.33. The third-order valence-corrected chi connectivity index (χ3v) is 3.70. The van der Waals surface area contributed by atoms with Crippen LogP contribution in [0, 0.1) is 23.2 Å². The largest absolute Gasteiger partial charge is 0.341 e. The highest BCUT2D eigenvalue weighted by Gasteiger charge is 2.14. The van der Waals surface area contributed by atoms with Crippen LogP contribution in [0.1, 0.15) is 23.9 Å². The minimum absolute atomic E-state index is 0.0677. The van der Waals surface area contributed by atoms with Crippen molar-refractivity contribution in [3.8, 4) is 12.3 Å². The van der Waals surface area contributed by atoms with E-state index >= 15 is 0 Å². The van der Waals surface area contributed by atoms with Crippen molar-refractivity contribution in [2.45, 2.75) is 26.7 Å². The van der Waals surface area contributed by atoms with Crippen molar-refractivity contribution in [3.05, 3.63) is 14.5 Å². The summed E-state index contributed by atoms with van der Waals surface area (Å²) in [6, 6.07) is 0. The molecule has 0 aliphatic rings. The summed E-state index contributed by atoms with van der Waals surface area (Å²) in [5, 5.41) is 0. The number of hydrogen-bond acceptors (Lipinski definition) is 3. The Kier molecular flexibility index (Phi) is 5.39. The van der Waals surface area contributed by atoms with Crippen LogP contribution in [0.2, 0.25) is 0 Å². The van der Waals surface area contributed by atoms with E-state index in [-0.39, 0.29) is 5.91 Å². The van der Waals surface area contributed by atoms with Crippen molar-refractivity contribution in [1.82, 2.24) is 9.88 Å². The molecule has 0 aliphatic heterocycles. The minimum atomic E-state index is 0.0677. The fraction of sp³-hybridized carbons (Fsp3) is 0.500. The highest BCUT2D eigenvalue weighted by Crippen LogP contribution is 2.16. The van der Waals surface area contributed by atoms with E-state index in [1.807, 2.05) is 13.8 Å². The summed E-state index contributed by atoms with van der Waals surface area (Å²) in [5.41, 5.74) is 0.977. The molecule has 17 heavy (non-hydrogen) atoms. The summed E-state index contributed by atoms with van der Waals surface area (Å²) in [5.74, 6) is 2.59. The van der Waals surface area contributed by atoms with Crippen LogP contribution in [0.15, 0.2) is 0 Å². The summed E-state index contributed by atoms with van der Waals surface area (Å²) in [4.78, 5) is 17.8. The highest BCUT2D eigenvalue weighted by molar-refractivity contribution is 7.73. The second kappa shape index (κ2) is 6.58. The smallest absolute Gasteiger partial charge is 0.228 e. The fourth-order valence-electron chi connectivity index (χ4n) is 1.53. The van der Waals surface area contributed by atoms with Crippen LogP contribution in [0.3, 0.4) is 0 Å². The van der Waals surface area contributed by atoms with Crippen LogP contribution in [0.5, 0.6) is 0 Å². The number of thiazole rings is 1. The zero-order valence-corrected chi connectivity index (χ0v) is 11.7. The van der Waals surface area contributed by atoms with Crippen LogP contribution in [-0.2, 0) is 11.2 Å². The number of aromatic amines is 1. The molecule has 0 bridgehead atoms. The molecular formula is C12H16N2OS2. The Balaban J connectivity index is 2.73. The van der Waals surface area contributed by atoms with E-state index in [9.17, 15) is 4.79 Å². The fourth-order valence-corrected chi connectivity index (χ4v) is 2.81. The number of nitrogens with one attached hydrogen (secondary N) is 1. The van der Waals surface area contributed by atoms with Crippen LogP contribution in [-0.4, -0.2) is 28.9 Å².